The Morgan fingerprint density at radius 1 is 1.12 bits per heavy atom. The van der Waals surface area contributed by atoms with Crippen LogP contribution in [0.2, 0.25) is 0 Å². The molecule has 1 aliphatic heterocycles. The van der Waals surface area contributed by atoms with Crippen LogP contribution in [0.3, 0.4) is 0 Å². The van der Waals surface area contributed by atoms with Gasteiger partial charge in [0.2, 0.25) is 5.91 Å². The van der Waals surface area contributed by atoms with E-state index < -0.39 is 0 Å². The van der Waals surface area contributed by atoms with E-state index >= 15 is 0 Å². The number of hydrogen-bond donors (Lipinski definition) is 0. The van der Waals surface area contributed by atoms with E-state index in [1.807, 2.05) is 35.2 Å². The molecule has 25 heavy (non-hydrogen) atoms. The maximum absolute atomic E-state index is 12.7. The number of aromatic nitrogens is 2. The van der Waals surface area contributed by atoms with Gasteiger partial charge in [0.05, 0.1) is 11.0 Å². The monoisotopic (exact) mass is 333 g/mol. The third kappa shape index (κ3) is 2.53. The molecule has 0 saturated carbocycles. The van der Waals surface area contributed by atoms with Crippen LogP contribution in [0.1, 0.15) is 36.2 Å². The van der Waals surface area contributed by atoms with E-state index in [1.165, 1.54) is 11.1 Å². The van der Waals surface area contributed by atoms with Gasteiger partial charge < -0.3 is 9.47 Å². The van der Waals surface area contributed by atoms with Crippen LogP contribution in [0.15, 0.2) is 42.5 Å². The van der Waals surface area contributed by atoms with Crippen molar-refractivity contribution in [3.63, 3.8) is 0 Å². The molecular weight excluding hydrogens is 310 g/mol. The number of nitrogens with zero attached hydrogens (tertiary/aromatic N) is 3. The molecule has 0 aliphatic carbocycles. The van der Waals surface area contributed by atoms with Gasteiger partial charge in [-0.1, -0.05) is 24.3 Å². The molecule has 1 saturated heterocycles. The molecule has 2 aromatic carbocycles. The summed E-state index contributed by atoms with van der Waals surface area (Å²) >= 11 is 0. The standard InChI is InChI=1S/C21H23N3O/c1-4-23-19-10-6-5-9-17(19)22-21(23)16-12-20(25)24(13-16)18-11-7-8-14(2)15(18)3/h5-11,16H,4,12-13H2,1-3H3/t16-/m1/s1. The highest BCUT2D eigenvalue weighted by atomic mass is 16.2. The SMILES string of the molecule is CCn1c([C@@H]2CC(=O)N(c3cccc(C)c3C)C2)nc2ccccc21. The average Bonchev–Trinajstić information content (AvgIpc) is 3.17. The van der Waals surface area contributed by atoms with Crippen LogP contribution >= 0.6 is 0 Å². The fourth-order valence-corrected chi connectivity index (χ4v) is 3.88. The lowest BCUT2D eigenvalue weighted by molar-refractivity contribution is -0.117. The largest absolute Gasteiger partial charge is 0.328 e. The first-order valence-corrected chi connectivity index (χ1v) is 8.92. The first kappa shape index (κ1) is 15.9. The number of fused-ring (bicyclic) bond motifs is 1. The van der Waals surface area contributed by atoms with Crippen molar-refractivity contribution in [1.29, 1.82) is 0 Å². The summed E-state index contributed by atoms with van der Waals surface area (Å²) in [4.78, 5) is 19.5. The molecular formula is C21H23N3O. The molecule has 1 fully saturated rings. The molecule has 0 radical (unpaired) electrons. The summed E-state index contributed by atoms with van der Waals surface area (Å²) in [6.45, 7) is 7.88. The highest BCUT2D eigenvalue weighted by Gasteiger charge is 2.35. The molecule has 0 N–H and O–H groups in total. The summed E-state index contributed by atoms with van der Waals surface area (Å²) in [6, 6.07) is 14.4. The molecule has 4 rings (SSSR count). The van der Waals surface area contributed by atoms with Gasteiger partial charge in [-0.2, -0.15) is 0 Å². The summed E-state index contributed by atoms with van der Waals surface area (Å²) in [5.41, 5.74) is 5.59. The Morgan fingerprint density at radius 3 is 2.72 bits per heavy atom. The summed E-state index contributed by atoms with van der Waals surface area (Å²) < 4.78 is 2.25. The summed E-state index contributed by atoms with van der Waals surface area (Å²) in [6.07, 6.45) is 0.525. The third-order valence-electron chi connectivity index (χ3n) is 5.36. The van der Waals surface area contributed by atoms with Crippen LogP contribution in [-0.4, -0.2) is 22.0 Å². The van der Waals surface area contributed by atoms with E-state index in [0.29, 0.717) is 13.0 Å². The molecule has 1 atom stereocenters. The van der Waals surface area contributed by atoms with Gasteiger partial charge in [-0.05, 0) is 50.1 Å². The Bertz CT molecular complexity index is 957. The Balaban J connectivity index is 1.72. The van der Waals surface area contributed by atoms with Crippen molar-refractivity contribution in [3.8, 4) is 0 Å². The van der Waals surface area contributed by atoms with E-state index in [2.05, 4.69) is 37.5 Å². The van der Waals surface area contributed by atoms with E-state index in [0.717, 1.165) is 29.1 Å². The predicted molar refractivity (Wildman–Crippen MR) is 101 cm³/mol. The number of carbonyl (C=O) groups is 1. The Hall–Kier alpha value is -2.62. The van der Waals surface area contributed by atoms with Crippen LogP contribution < -0.4 is 4.90 Å². The number of aryl methyl sites for hydroxylation is 2. The number of para-hydroxylation sites is 2. The first-order valence-electron chi connectivity index (χ1n) is 8.92. The molecule has 0 bridgehead atoms. The molecule has 2 heterocycles. The van der Waals surface area contributed by atoms with Crippen molar-refractivity contribution in [2.45, 2.75) is 39.7 Å². The number of imidazole rings is 1. The van der Waals surface area contributed by atoms with E-state index in [4.69, 9.17) is 4.98 Å². The fourth-order valence-electron chi connectivity index (χ4n) is 3.88. The van der Waals surface area contributed by atoms with Crippen molar-refractivity contribution in [2.75, 3.05) is 11.4 Å². The number of benzene rings is 2. The highest BCUT2D eigenvalue weighted by Crippen LogP contribution is 2.35. The van der Waals surface area contributed by atoms with Gasteiger partial charge in [0, 0.05) is 31.1 Å². The maximum atomic E-state index is 12.7. The van der Waals surface area contributed by atoms with Crippen molar-refractivity contribution in [3.05, 3.63) is 59.4 Å². The smallest absolute Gasteiger partial charge is 0.227 e. The number of amides is 1. The Kier molecular flexibility index (Phi) is 3.83. The lowest BCUT2D eigenvalue weighted by atomic mass is 10.1. The van der Waals surface area contributed by atoms with E-state index in [-0.39, 0.29) is 11.8 Å². The van der Waals surface area contributed by atoms with Crippen LogP contribution in [0, 0.1) is 13.8 Å². The van der Waals surface area contributed by atoms with Crippen molar-refractivity contribution in [2.24, 2.45) is 0 Å². The number of hydrogen-bond acceptors (Lipinski definition) is 2. The average molecular weight is 333 g/mol. The molecule has 1 aromatic heterocycles. The molecule has 3 aromatic rings. The number of rotatable bonds is 3. The van der Waals surface area contributed by atoms with E-state index in [9.17, 15) is 4.79 Å². The second-order valence-corrected chi connectivity index (χ2v) is 6.83. The van der Waals surface area contributed by atoms with Gasteiger partial charge in [-0.15, -0.1) is 0 Å². The quantitative estimate of drug-likeness (QED) is 0.721. The molecule has 128 valence electrons. The second kappa shape index (κ2) is 6.03. The minimum absolute atomic E-state index is 0.139. The van der Waals surface area contributed by atoms with E-state index in [1.54, 1.807) is 0 Å². The first-order chi connectivity index (χ1) is 12.1. The third-order valence-corrected chi connectivity index (χ3v) is 5.36. The molecule has 0 unspecified atom stereocenters. The van der Waals surface area contributed by atoms with Crippen LogP contribution in [-0.2, 0) is 11.3 Å². The van der Waals surface area contributed by atoms with Crippen molar-refractivity contribution >= 4 is 22.6 Å². The Morgan fingerprint density at radius 2 is 1.92 bits per heavy atom. The van der Waals surface area contributed by atoms with Crippen molar-refractivity contribution < 1.29 is 4.79 Å². The zero-order chi connectivity index (χ0) is 17.6. The number of carbonyl (C=O) groups excluding carboxylic acids is 1. The zero-order valence-electron chi connectivity index (χ0n) is 15.0. The van der Waals surface area contributed by atoms with Gasteiger partial charge >= 0.3 is 0 Å². The summed E-state index contributed by atoms with van der Waals surface area (Å²) in [5.74, 6) is 1.36. The molecule has 4 nitrogen and oxygen atoms in total. The fraction of sp³-hybridized carbons (Fsp3) is 0.333. The number of anilines is 1. The minimum Gasteiger partial charge on any atom is -0.328 e. The molecule has 1 aliphatic rings. The topological polar surface area (TPSA) is 38.1 Å². The molecule has 4 heteroatoms. The Labute approximate surface area is 148 Å². The van der Waals surface area contributed by atoms with Gasteiger partial charge in [0.15, 0.2) is 0 Å². The van der Waals surface area contributed by atoms with Gasteiger partial charge in [0.1, 0.15) is 5.82 Å². The van der Waals surface area contributed by atoms with Gasteiger partial charge in [0.25, 0.3) is 0 Å². The minimum atomic E-state index is 0.139. The summed E-state index contributed by atoms with van der Waals surface area (Å²) in [5, 5.41) is 0. The summed E-state index contributed by atoms with van der Waals surface area (Å²) in [7, 11) is 0. The van der Waals surface area contributed by atoms with Crippen molar-refractivity contribution in [1.82, 2.24) is 9.55 Å². The normalized spacial score (nSPS) is 17.6. The predicted octanol–water partition coefficient (Wildman–Crippen LogP) is 4.19. The van der Waals surface area contributed by atoms with Crippen LogP contribution in [0.25, 0.3) is 11.0 Å². The lowest BCUT2D eigenvalue weighted by Gasteiger charge is -2.20. The highest BCUT2D eigenvalue weighted by molar-refractivity contribution is 5.97. The maximum Gasteiger partial charge on any atom is 0.227 e. The molecule has 1 amide bonds. The van der Waals surface area contributed by atoms with Crippen LogP contribution in [0.5, 0.6) is 0 Å². The van der Waals surface area contributed by atoms with Gasteiger partial charge in [-0.25, -0.2) is 4.98 Å². The zero-order valence-corrected chi connectivity index (χ0v) is 15.0. The molecule has 0 spiro atoms. The van der Waals surface area contributed by atoms with Crippen LogP contribution in [0.4, 0.5) is 5.69 Å². The van der Waals surface area contributed by atoms with Gasteiger partial charge in [-0.3, -0.25) is 4.79 Å². The second-order valence-electron chi connectivity index (χ2n) is 6.83. The lowest BCUT2D eigenvalue weighted by Crippen LogP contribution is -2.25.